The highest BCUT2D eigenvalue weighted by atomic mass is 16.6. The van der Waals surface area contributed by atoms with Crippen LogP contribution in [-0.4, -0.2) is 57.4 Å². The number of nitrogens with one attached hydrogen (secondary N) is 1. The first kappa shape index (κ1) is 27.5. The Morgan fingerprint density at radius 2 is 1.59 bits per heavy atom. The van der Waals surface area contributed by atoms with Crippen molar-refractivity contribution in [3.05, 3.63) is 0 Å². The van der Waals surface area contributed by atoms with E-state index in [1.54, 1.807) is 0 Å². The fourth-order valence-corrected chi connectivity index (χ4v) is 1.69. The van der Waals surface area contributed by atoms with Gasteiger partial charge in [0.05, 0.1) is 6.42 Å². The molecule has 0 radical (unpaired) electrons. The number of hydrogen-bond acceptors (Lipinski definition) is 7. The van der Waals surface area contributed by atoms with Crippen LogP contribution >= 0.6 is 0 Å². The SMILES string of the molecule is CC.CCC(C)COCCCC(=O)OCCOC(=O)CCC(=O)NCCN.[HH].[HH]. The fourth-order valence-electron chi connectivity index (χ4n) is 1.69. The molecule has 0 aliphatic heterocycles. The second-order valence-electron chi connectivity index (χ2n) is 5.77. The molecule has 27 heavy (non-hydrogen) atoms. The van der Waals surface area contributed by atoms with Crippen molar-refractivity contribution in [2.45, 2.75) is 59.8 Å². The van der Waals surface area contributed by atoms with Crippen LogP contribution in [0.5, 0.6) is 0 Å². The average molecular weight is 395 g/mol. The van der Waals surface area contributed by atoms with Crippen molar-refractivity contribution >= 4 is 17.8 Å². The summed E-state index contributed by atoms with van der Waals surface area (Å²) < 4.78 is 15.3. The molecule has 0 aliphatic rings. The molecule has 0 spiro atoms. The predicted molar refractivity (Wildman–Crippen MR) is 108 cm³/mol. The maximum absolute atomic E-state index is 11.5. The Bertz CT molecular complexity index is 401. The van der Waals surface area contributed by atoms with E-state index in [1.807, 2.05) is 13.8 Å². The molecule has 0 bridgehead atoms. The zero-order chi connectivity index (χ0) is 20.9. The Morgan fingerprint density at radius 3 is 2.15 bits per heavy atom. The molecule has 164 valence electrons. The fraction of sp³-hybridized carbons (Fsp3) is 0.842. The number of amides is 1. The molecule has 1 atom stereocenters. The predicted octanol–water partition coefficient (Wildman–Crippen LogP) is 2.29. The normalized spacial score (nSPS) is 11.0. The van der Waals surface area contributed by atoms with E-state index in [0.29, 0.717) is 38.6 Å². The third-order valence-corrected chi connectivity index (χ3v) is 3.40. The second-order valence-corrected chi connectivity index (χ2v) is 5.77. The van der Waals surface area contributed by atoms with Crippen molar-refractivity contribution in [2.24, 2.45) is 11.7 Å². The van der Waals surface area contributed by atoms with Crippen molar-refractivity contribution in [3.63, 3.8) is 0 Å². The molecule has 0 aromatic heterocycles. The van der Waals surface area contributed by atoms with E-state index < -0.39 is 5.97 Å². The van der Waals surface area contributed by atoms with Gasteiger partial charge in [0.2, 0.25) is 5.91 Å². The lowest BCUT2D eigenvalue weighted by Crippen LogP contribution is -2.29. The van der Waals surface area contributed by atoms with Crippen LogP contribution in [0.2, 0.25) is 0 Å². The lowest BCUT2D eigenvalue weighted by Gasteiger charge is -2.09. The van der Waals surface area contributed by atoms with Gasteiger partial charge in [-0.15, -0.1) is 0 Å². The van der Waals surface area contributed by atoms with Crippen LogP contribution in [0.25, 0.3) is 0 Å². The number of nitrogens with two attached hydrogens (primary N) is 1. The number of ether oxygens (including phenoxy) is 3. The van der Waals surface area contributed by atoms with Gasteiger partial charge in [0.1, 0.15) is 13.2 Å². The van der Waals surface area contributed by atoms with Crippen LogP contribution in [-0.2, 0) is 28.6 Å². The summed E-state index contributed by atoms with van der Waals surface area (Å²) in [6.45, 7) is 10.2. The zero-order valence-electron chi connectivity index (χ0n) is 17.4. The Balaban J connectivity index is -0.000000755. The molecular weight excluding hydrogens is 352 g/mol. The van der Waals surface area contributed by atoms with Crippen LogP contribution in [0.15, 0.2) is 0 Å². The molecule has 0 aliphatic carbocycles. The van der Waals surface area contributed by atoms with Gasteiger partial charge in [-0.1, -0.05) is 34.1 Å². The summed E-state index contributed by atoms with van der Waals surface area (Å²) >= 11 is 0. The van der Waals surface area contributed by atoms with Crippen molar-refractivity contribution in [2.75, 3.05) is 39.5 Å². The summed E-state index contributed by atoms with van der Waals surface area (Å²) in [5.41, 5.74) is 5.25. The molecule has 1 amide bonds. The van der Waals surface area contributed by atoms with Gasteiger partial charge in [0, 0.05) is 42.0 Å². The van der Waals surface area contributed by atoms with Crippen LogP contribution in [0, 0.1) is 5.92 Å². The van der Waals surface area contributed by atoms with E-state index in [1.165, 1.54) is 0 Å². The Kier molecular flexibility index (Phi) is 21.1. The lowest BCUT2D eigenvalue weighted by molar-refractivity contribution is -0.152. The maximum atomic E-state index is 11.5. The molecule has 8 nitrogen and oxygen atoms in total. The van der Waals surface area contributed by atoms with Gasteiger partial charge in [-0.2, -0.15) is 0 Å². The quantitative estimate of drug-likeness (QED) is 0.323. The van der Waals surface area contributed by atoms with E-state index in [9.17, 15) is 14.4 Å². The van der Waals surface area contributed by atoms with Gasteiger partial charge >= 0.3 is 11.9 Å². The molecule has 0 aromatic carbocycles. The van der Waals surface area contributed by atoms with E-state index >= 15 is 0 Å². The van der Waals surface area contributed by atoms with Gasteiger partial charge in [-0.25, -0.2) is 0 Å². The number of hydrogen-bond donors (Lipinski definition) is 2. The van der Waals surface area contributed by atoms with Gasteiger partial charge in [0.25, 0.3) is 0 Å². The van der Waals surface area contributed by atoms with Crippen molar-refractivity contribution in [3.8, 4) is 0 Å². The number of rotatable bonds is 15. The first-order valence-corrected chi connectivity index (χ1v) is 9.85. The minimum absolute atomic E-state index is 0. The lowest BCUT2D eigenvalue weighted by atomic mass is 10.1. The van der Waals surface area contributed by atoms with Gasteiger partial charge in [0.15, 0.2) is 0 Å². The Morgan fingerprint density at radius 1 is 1.00 bits per heavy atom. The Hall–Kier alpha value is -1.67. The second kappa shape index (κ2) is 20.6. The van der Waals surface area contributed by atoms with Crippen LogP contribution in [0.3, 0.4) is 0 Å². The van der Waals surface area contributed by atoms with Crippen molar-refractivity contribution < 1.29 is 31.4 Å². The largest absolute Gasteiger partial charge is 0.462 e. The first-order chi connectivity index (χ1) is 13.0. The summed E-state index contributed by atoms with van der Waals surface area (Å²) in [7, 11) is 0. The minimum Gasteiger partial charge on any atom is -0.462 e. The summed E-state index contributed by atoms with van der Waals surface area (Å²) in [5, 5.41) is 2.56. The maximum Gasteiger partial charge on any atom is 0.306 e. The third kappa shape index (κ3) is 20.5. The first-order valence-electron chi connectivity index (χ1n) is 9.85. The van der Waals surface area contributed by atoms with Crippen LogP contribution in [0.1, 0.15) is 62.7 Å². The summed E-state index contributed by atoms with van der Waals surface area (Å²) in [6.07, 6.45) is 1.98. The summed E-state index contributed by atoms with van der Waals surface area (Å²) in [4.78, 5) is 34.2. The van der Waals surface area contributed by atoms with E-state index in [-0.39, 0.29) is 47.2 Å². The number of carbonyl (C=O) groups excluding carboxylic acids is 3. The standard InChI is InChI=1S/C17H32N2O6.C2H6.2H2/c1-3-14(2)13-23-10-4-5-16(21)24-11-12-25-17(22)7-6-15(20)19-9-8-18;1-2;;/h14H,3-13,18H2,1-2H3,(H,19,20);1-2H3;2*1H. The highest BCUT2D eigenvalue weighted by Gasteiger charge is 2.08. The van der Waals surface area contributed by atoms with Crippen LogP contribution < -0.4 is 11.1 Å². The third-order valence-electron chi connectivity index (χ3n) is 3.40. The molecule has 0 heterocycles. The van der Waals surface area contributed by atoms with E-state index in [4.69, 9.17) is 19.9 Å². The van der Waals surface area contributed by atoms with Crippen molar-refractivity contribution in [1.82, 2.24) is 5.32 Å². The molecule has 0 saturated carbocycles. The summed E-state index contributed by atoms with van der Waals surface area (Å²) in [6, 6.07) is 0. The molecule has 1 unspecified atom stereocenters. The molecule has 0 aromatic rings. The smallest absolute Gasteiger partial charge is 0.306 e. The number of esters is 2. The van der Waals surface area contributed by atoms with E-state index in [0.717, 1.165) is 6.42 Å². The topological polar surface area (TPSA) is 117 Å². The summed E-state index contributed by atoms with van der Waals surface area (Å²) in [5.74, 6) is -0.570. The van der Waals surface area contributed by atoms with Crippen molar-refractivity contribution in [1.29, 1.82) is 0 Å². The average Bonchev–Trinajstić information content (AvgIpc) is 2.69. The monoisotopic (exact) mass is 394 g/mol. The Labute approximate surface area is 166 Å². The highest BCUT2D eigenvalue weighted by Crippen LogP contribution is 2.02. The minimum atomic E-state index is -0.502. The van der Waals surface area contributed by atoms with Gasteiger partial charge in [-0.3, -0.25) is 14.4 Å². The molecule has 0 fully saturated rings. The molecule has 3 N–H and O–H groups in total. The molecule has 8 heteroatoms. The van der Waals surface area contributed by atoms with Crippen LogP contribution in [0.4, 0.5) is 0 Å². The highest BCUT2D eigenvalue weighted by molar-refractivity contribution is 5.81. The van der Waals surface area contributed by atoms with Gasteiger partial charge in [-0.05, 0) is 12.3 Å². The molecule has 0 saturated heterocycles. The molecule has 0 rings (SSSR count). The number of carbonyl (C=O) groups is 3. The van der Waals surface area contributed by atoms with E-state index in [2.05, 4.69) is 19.2 Å². The zero-order valence-corrected chi connectivity index (χ0v) is 17.4. The molecular formula is C19H42N2O6. The van der Waals surface area contributed by atoms with Gasteiger partial charge < -0.3 is 25.3 Å².